The Morgan fingerprint density at radius 3 is 2.70 bits per heavy atom. The SMILES string of the molecule is COc1ccc(C)cc1C(N)CSc1nc(C)c(C)o1. The second-order valence-electron chi connectivity index (χ2n) is 4.78. The smallest absolute Gasteiger partial charge is 0.256 e. The first-order valence-electron chi connectivity index (χ1n) is 6.48. The van der Waals surface area contributed by atoms with Gasteiger partial charge in [-0.1, -0.05) is 29.5 Å². The van der Waals surface area contributed by atoms with Gasteiger partial charge in [0.25, 0.3) is 5.22 Å². The second kappa shape index (κ2) is 6.33. The largest absolute Gasteiger partial charge is 0.496 e. The Morgan fingerprint density at radius 2 is 2.10 bits per heavy atom. The number of hydrogen-bond acceptors (Lipinski definition) is 5. The van der Waals surface area contributed by atoms with Crippen molar-refractivity contribution in [3.63, 3.8) is 0 Å². The van der Waals surface area contributed by atoms with Crippen LogP contribution in [0.4, 0.5) is 0 Å². The van der Waals surface area contributed by atoms with E-state index in [2.05, 4.69) is 11.1 Å². The zero-order valence-electron chi connectivity index (χ0n) is 12.3. The van der Waals surface area contributed by atoms with Gasteiger partial charge in [0.1, 0.15) is 11.5 Å². The topological polar surface area (TPSA) is 61.3 Å². The molecule has 0 saturated carbocycles. The van der Waals surface area contributed by atoms with Gasteiger partial charge in [-0.05, 0) is 26.8 Å². The van der Waals surface area contributed by atoms with Gasteiger partial charge < -0.3 is 14.9 Å². The van der Waals surface area contributed by atoms with Crippen molar-refractivity contribution in [1.82, 2.24) is 4.98 Å². The Labute approximate surface area is 123 Å². The zero-order valence-corrected chi connectivity index (χ0v) is 13.1. The lowest BCUT2D eigenvalue weighted by atomic mass is 10.1. The second-order valence-corrected chi connectivity index (χ2v) is 5.76. The average Bonchev–Trinajstić information content (AvgIpc) is 2.75. The molecule has 5 heteroatoms. The molecule has 1 aromatic heterocycles. The van der Waals surface area contributed by atoms with Crippen molar-refractivity contribution < 1.29 is 9.15 Å². The van der Waals surface area contributed by atoms with E-state index in [9.17, 15) is 0 Å². The van der Waals surface area contributed by atoms with Crippen molar-refractivity contribution >= 4 is 11.8 Å². The highest BCUT2D eigenvalue weighted by Crippen LogP contribution is 2.29. The summed E-state index contributed by atoms with van der Waals surface area (Å²) >= 11 is 1.53. The summed E-state index contributed by atoms with van der Waals surface area (Å²) in [4.78, 5) is 4.35. The van der Waals surface area contributed by atoms with Crippen LogP contribution in [0.15, 0.2) is 27.8 Å². The summed E-state index contributed by atoms with van der Waals surface area (Å²) in [5.41, 5.74) is 9.37. The Hall–Kier alpha value is -1.46. The summed E-state index contributed by atoms with van der Waals surface area (Å²) in [7, 11) is 1.66. The van der Waals surface area contributed by atoms with Crippen LogP contribution < -0.4 is 10.5 Å². The third-order valence-corrected chi connectivity index (χ3v) is 4.13. The van der Waals surface area contributed by atoms with Gasteiger partial charge in [-0.3, -0.25) is 0 Å². The summed E-state index contributed by atoms with van der Waals surface area (Å²) in [6, 6.07) is 5.91. The monoisotopic (exact) mass is 292 g/mol. The third-order valence-electron chi connectivity index (χ3n) is 3.18. The van der Waals surface area contributed by atoms with Gasteiger partial charge in [0.05, 0.1) is 12.8 Å². The number of hydrogen-bond donors (Lipinski definition) is 1. The van der Waals surface area contributed by atoms with Gasteiger partial charge in [-0.15, -0.1) is 0 Å². The van der Waals surface area contributed by atoms with E-state index in [0.717, 1.165) is 22.8 Å². The lowest BCUT2D eigenvalue weighted by Gasteiger charge is -2.15. The summed E-state index contributed by atoms with van der Waals surface area (Å²) in [5.74, 6) is 2.37. The Morgan fingerprint density at radius 1 is 1.35 bits per heavy atom. The highest BCUT2D eigenvalue weighted by molar-refractivity contribution is 7.99. The Kier molecular flexibility index (Phi) is 4.73. The quantitative estimate of drug-likeness (QED) is 0.856. The minimum atomic E-state index is -0.123. The molecule has 0 saturated heterocycles. The summed E-state index contributed by atoms with van der Waals surface area (Å²) in [6.45, 7) is 5.89. The Bertz CT molecular complexity index is 576. The van der Waals surface area contributed by atoms with E-state index in [-0.39, 0.29) is 6.04 Å². The minimum absolute atomic E-state index is 0.123. The number of oxazole rings is 1. The molecule has 2 rings (SSSR count). The fourth-order valence-corrected chi connectivity index (χ4v) is 2.79. The molecular formula is C15H20N2O2S. The van der Waals surface area contributed by atoms with E-state index >= 15 is 0 Å². The number of benzene rings is 1. The molecule has 1 aromatic carbocycles. The van der Waals surface area contributed by atoms with Crippen LogP contribution in [-0.4, -0.2) is 17.8 Å². The molecule has 0 aliphatic carbocycles. The van der Waals surface area contributed by atoms with E-state index in [1.165, 1.54) is 17.3 Å². The van der Waals surface area contributed by atoms with Crippen molar-refractivity contribution in [2.75, 3.05) is 12.9 Å². The fraction of sp³-hybridized carbons (Fsp3) is 0.400. The molecule has 0 bridgehead atoms. The predicted octanol–water partition coefficient (Wildman–Crippen LogP) is 3.40. The third kappa shape index (κ3) is 3.35. The predicted molar refractivity (Wildman–Crippen MR) is 81.4 cm³/mol. The maximum atomic E-state index is 6.26. The molecule has 1 atom stereocenters. The van der Waals surface area contributed by atoms with Crippen LogP contribution in [0.2, 0.25) is 0 Å². The highest BCUT2D eigenvalue weighted by atomic mass is 32.2. The van der Waals surface area contributed by atoms with Crippen molar-refractivity contribution in [2.45, 2.75) is 32.0 Å². The summed E-state index contributed by atoms with van der Waals surface area (Å²) < 4.78 is 10.9. The lowest BCUT2D eigenvalue weighted by molar-refractivity contribution is 0.406. The first-order chi connectivity index (χ1) is 9.51. The maximum Gasteiger partial charge on any atom is 0.256 e. The molecule has 2 N–H and O–H groups in total. The van der Waals surface area contributed by atoms with Gasteiger partial charge in [0.15, 0.2) is 0 Å². The Balaban J connectivity index is 2.08. The van der Waals surface area contributed by atoms with Crippen LogP contribution in [0.5, 0.6) is 5.75 Å². The molecular weight excluding hydrogens is 272 g/mol. The molecule has 0 radical (unpaired) electrons. The zero-order chi connectivity index (χ0) is 14.7. The summed E-state index contributed by atoms with van der Waals surface area (Å²) in [5, 5.41) is 0.669. The van der Waals surface area contributed by atoms with E-state index < -0.39 is 0 Å². The van der Waals surface area contributed by atoms with Crippen LogP contribution in [0.3, 0.4) is 0 Å². The molecule has 0 aliphatic rings. The molecule has 4 nitrogen and oxygen atoms in total. The van der Waals surface area contributed by atoms with E-state index in [0.29, 0.717) is 11.0 Å². The minimum Gasteiger partial charge on any atom is -0.496 e. The normalized spacial score (nSPS) is 12.4. The number of aryl methyl sites for hydroxylation is 3. The number of methoxy groups -OCH3 is 1. The van der Waals surface area contributed by atoms with Gasteiger partial charge >= 0.3 is 0 Å². The van der Waals surface area contributed by atoms with E-state index in [4.69, 9.17) is 14.9 Å². The molecule has 0 fully saturated rings. The van der Waals surface area contributed by atoms with Gasteiger partial charge in [-0.25, -0.2) is 4.98 Å². The number of rotatable bonds is 5. The number of nitrogens with two attached hydrogens (primary N) is 1. The molecule has 20 heavy (non-hydrogen) atoms. The molecule has 1 heterocycles. The molecule has 1 unspecified atom stereocenters. The standard InChI is InChI=1S/C15H20N2O2S/c1-9-5-6-14(18-4)12(7-9)13(16)8-20-15-17-10(2)11(3)19-15/h5-7,13H,8,16H2,1-4H3. The van der Waals surface area contributed by atoms with Gasteiger partial charge in [-0.2, -0.15) is 0 Å². The van der Waals surface area contributed by atoms with Crippen LogP contribution in [-0.2, 0) is 0 Å². The van der Waals surface area contributed by atoms with E-state index in [1.807, 2.05) is 32.9 Å². The van der Waals surface area contributed by atoms with E-state index in [1.54, 1.807) is 7.11 Å². The number of nitrogens with zero attached hydrogens (tertiary/aromatic N) is 1. The molecule has 0 spiro atoms. The molecule has 0 aliphatic heterocycles. The van der Waals surface area contributed by atoms with Crippen LogP contribution in [0, 0.1) is 20.8 Å². The fourth-order valence-electron chi connectivity index (χ4n) is 1.90. The van der Waals surface area contributed by atoms with Gasteiger partial charge in [0.2, 0.25) is 0 Å². The number of aromatic nitrogens is 1. The lowest BCUT2D eigenvalue weighted by Crippen LogP contribution is -2.14. The van der Waals surface area contributed by atoms with Crippen molar-refractivity contribution in [3.8, 4) is 5.75 Å². The van der Waals surface area contributed by atoms with Gasteiger partial charge in [0, 0.05) is 17.4 Å². The van der Waals surface area contributed by atoms with Crippen LogP contribution in [0.25, 0.3) is 0 Å². The first kappa shape index (κ1) is 14.9. The van der Waals surface area contributed by atoms with Crippen molar-refractivity contribution in [3.05, 3.63) is 40.8 Å². The number of ether oxygens (including phenoxy) is 1. The number of thioether (sulfide) groups is 1. The average molecular weight is 292 g/mol. The van der Waals surface area contributed by atoms with Crippen molar-refractivity contribution in [2.24, 2.45) is 5.73 Å². The molecule has 0 amide bonds. The molecule has 108 valence electrons. The van der Waals surface area contributed by atoms with Crippen LogP contribution >= 0.6 is 11.8 Å². The van der Waals surface area contributed by atoms with Crippen LogP contribution in [0.1, 0.15) is 28.6 Å². The summed E-state index contributed by atoms with van der Waals surface area (Å²) in [6.07, 6.45) is 0. The van der Waals surface area contributed by atoms with Crippen molar-refractivity contribution in [1.29, 1.82) is 0 Å². The highest BCUT2D eigenvalue weighted by Gasteiger charge is 2.15. The maximum absolute atomic E-state index is 6.26. The molecule has 2 aromatic rings. The first-order valence-corrected chi connectivity index (χ1v) is 7.46.